The lowest BCUT2D eigenvalue weighted by molar-refractivity contribution is -0.123. The van der Waals surface area contributed by atoms with Crippen molar-refractivity contribution in [2.24, 2.45) is 5.73 Å². The molecule has 0 aliphatic rings. The number of nitrogens with one attached hydrogen (secondary N) is 2. The average molecular weight is 215 g/mol. The molecular weight excluding hydrogens is 190 g/mol. The van der Waals surface area contributed by atoms with Gasteiger partial charge in [0.15, 0.2) is 0 Å². The first-order valence-corrected chi connectivity index (χ1v) is 5.51. The van der Waals surface area contributed by atoms with Crippen LogP contribution in [0.1, 0.15) is 41.0 Å². The van der Waals surface area contributed by atoms with Crippen LogP contribution in [0.15, 0.2) is 0 Å². The molecule has 0 aliphatic heterocycles. The van der Waals surface area contributed by atoms with Crippen molar-refractivity contribution in [3.05, 3.63) is 0 Å². The third kappa shape index (κ3) is 8.39. The Kier molecular flexibility index (Phi) is 5.83. The summed E-state index contributed by atoms with van der Waals surface area (Å²) in [5, 5.41) is 6.18. The molecule has 1 amide bonds. The maximum atomic E-state index is 11.6. The van der Waals surface area contributed by atoms with Gasteiger partial charge >= 0.3 is 0 Å². The molecule has 4 heteroatoms. The van der Waals surface area contributed by atoms with E-state index in [1.807, 2.05) is 34.6 Å². The van der Waals surface area contributed by atoms with Crippen LogP contribution >= 0.6 is 0 Å². The van der Waals surface area contributed by atoms with Gasteiger partial charge in [0, 0.05) is 30.6 Å². The molecule has 0 bridgehead atoms. The van der Waals surface area contributed by atoms with Crippen LogP contribution in [0.4, 0.5) is 0 Å². The zero-order valence-electron chi connectivity index (χ0n) is 10.6. The molecule has 0 saturated carbocycles. The van der Waals surface area contributed by atoms with Gasteiger partial charge in [0.05, 0.1) is 0 Å². The number of hydrogen-bond acceptors (Lipinski definition) is 3. The van der Waals surface area contributed by atoms with E-state index in [1.165, 1.54) is 0 Å². The van der Waals surface area contributed by atoms with Crippen molar-refractivity contribution in [1.82, 2.24) is 10.6 Å². The lowest BCUT2D eigenvalue weighted by Gasteiger charge is -2.24. The first kappa shape index (κ1) is 14.4. The molecule has 0 saturated heterocycles. The molecule has 0 aromatic heterocycles. The average Bonchev–Trinajstić information content (AvgIpc) is 1.98. The minimum atomic E-state index is -0.173. The van der Waals surface area contributed by atoms with Gasteiger partial charge in [-0.25, -0.2) is 0 Å². The van der Waals surface area contributed by atoms with E-state index in [1.54, 1.807) is 0 Å². The van der Waals surface area contributed by atoms with E-state index >= 15 is 0 Å². The van der Waals surface area contributed by atoms with E-state index in [0.29, 0.717) is 19.0 Å². The van der Waals surface area contributed by atoms with Crippen LogP contribution in [-0.2, 0) is 4.79 Å². The summed E-state index contributed by atoms with van der Waals surface area (Å²) in [5.74, 6) is 0.0473. The quantitative estimate of drug-likeness (QED) is 0.629. The maximum Gasteiger partial charge on any atom is 0.222 e. The standard InChI is InChI=1S/C11H25N3O/c1-8(2)13-9(7-12)6-10(15)14-11(3,4)5/h8-9,13H,6-7,12H2,1-5H3,(H,14,15). The molecule has 4 nitrogen and oxygen atoms in total. The molecule has 0 radical (unpaired) electrons. The van der Waals surface area contributed by atoms with Crippen LogP contribution in [0.3, 0.4) is 0 Å². The Labute approximate surface area is 93.0 Å². The van der Waals surface area contributed by atoms with Crippen molar-refractivity contribution in [2.75, 3.05) is 6.54 Å². The molecule has 0 aromatic rings. The monoisotopic (exact) mass is 215 g/mol. The molecule has 0 fully saturated rings. The molecule has 0 spiro atoms. The van der Waals surface area contributed by atoms with Gasteiger partial charge in [-0.1, -0.05) is 13.8 Å². The zero-order chi connectivity index (χ0) is 12.1. The van der Waals surface area contributed by atoms with E-state index in [9.17, 15) is 4.79 Å². The van der Waals surface area contributed by atoms with Gasteiger partial charge in [-0.2, -0.15) is 0 Å². The summed E-state index contributed by atoms with van der Waals surface area (Å²) in [6, 6.07) is 0.410. The van der Waals surface area contributed by atoms with Gasteiger partial charge in [0.25, 0.3) is 0 Å². The highest BCUT2D eigenvalue weighted by atomic mass is 16.1. The van der Waals surface area contributed by atoms with E-state index < -0.39 is 0 Å². The van der Waals surface area contributed by atoms with Crippen molar-refractivity contribution in [3.8, 4) is 0 Å². The Morgan fingerprint density at radius 1 is 1.33 bits per heavy atom. The van der Waals surface area contributed by atoms with Crippen molar-refractivity contribution < 1.29 is 4.79 Å². The van der Waals surface area contributed by atoms with Crippen LogP contribution in [0.25, 0.3) is 0 Å². The van der Waals surface area contributed by atoms with Crippen LogP contribution in [-0.4, -0.2) is 30.1 Å². The molecule has 0 rings (SSSR count). The summed E-state index contributed by atoms with van der Waals surface area (Å²) in [4.78, 5) is 11.6. The second-order valence-corrected chi connectivity index (χ2v) is 5.26. The highest BCUT2D eigenvalue weighted by molar-refractivity contribution is 5.77. The van der Waals surface area contributed by atoms with Crippen molar-refractivity contribution in [1.29, 1.82) is 0 Å². The fourth-order valence-corrected chi connectivity index (χ4v) is 1.37. The lowest BCUT2D eigenvalue weighted by Crippen LogP contribution is -2.47. The molecule has 0 aliphatic carbocycles. The third-order valence-corrected chi connectivity index (χ3v) is 1.80. The molecule has 1 atom stereocenters. The largest absolute Gasteiger partial charge is 0.351 e. The smallest absolute Gasteiger partial charge is 0.222 e. The van der Waals surface area contributed by atoms with Gasteiger partial charge in [-0.15, -0.1) is 0 Å². The normalized spacial score (nSPS) is 14.1. The number of carbonyl (C=O) groups is 1. The molecule has 90 valence electrons. The first-order chi connectivity index (χ1) is 6.74. The Hall–Kier alpha value is -0.610. The van der Waals surface area contributed by atoms with Gasteiger partial charge in [-0.3, -0.25) is 4.79 Å². The lowest BCUT2D eigenvalue weighted by atomic mass is 10.1. The van der Waals surface area contributed by atoms with E-state index in [4.69, 9.17) is 5.73 Å². The first-order valence-electron chi connectivity index (χ1n) is 5.51. The molecule has 0 aromatic carbocycles. The predicted octanol–water partition coefficient (Wildman–Crippen LogP) is 0.617. The fraction of sp³-hybridized carbons (Fsp3) is 0.909. The Morgan fingerprint density at radius 3 is 2.20 bits per heavy atom. The molecule has 1 unspecified atom stereocenters. The predicted molar refractivity (Wildman–Crippen MR) is 63.6 cm³/mol. The number of carbonyl (C=O) groups excluding carboxylic acids is 1. The Bertz CT molecular complexity index is 196. The number of rotatable bonds is 5. The Morgan fingerprint density at radius 2 is 1.87 bits per heavy atom. The van der Waals surface area contributed by atoms with Crippen molar-refractivity contribution >= 4 is 5.91 Å². The number of nitrogens with two attached hydrogens (primary N) is 1. The molecule has 15 heavy (non-hydrogen) atoms. The fourth-order valence-electron chi connectivity index (χ4n) is 1.37. The third-order valence-electron chi connectivity index (χ3n) is 1.80. The van der Waals surface area contributed by atoms with Crippen molar-refractivity contribution in [2.45, 2.75) is 58.7 Å². The molecule has 0 heterocycles. The molecular formula is C11H25N3O. The van der Waals surface area contributed by atoms with Crippen LogP contribution in [0, 0.1) is 0 Å². The van der Waals surface area contributed by atoms with Crippen LogP contribution in [0.5, 0.6) is 0 Å². The minimum absolute atomic E-state index is 0.0473. The van der Waals surface area contributed by atoms with Crippen LogP contribution in [0.2, 0.25) is 0 Å². The van der Waals surface area contributed by atoms with E-state index in [0.717, 1.165) is 0 Å². The maximum absolute atomic E-state index is 11.6. The summed E-state index contributed by atoms with van der Waals surface area (Å²) in [7, 11) is 0. The zero-order valence-corrected chi connectivity index (χ0v) is 10.6. The number of hydrogen-bond donors (Lipinski definition) is 3. The highest BCUT2D eigenvalue weighted by Gasteiger charge is 2.17. The van der Waals surface area contributed by atoms with Gasteiger partial charge < -0.3 is 16.4 Å². The SMILES string of the molecule is CC(C)NC(CN)CC(=O)NC(C)(C)C. The topological polar surface area (TPSA) is 67.1 Å². The summed E-state index contributed by atoms with van der Waals surface area (Å²) in [6.07, 6.45) is 0.436. The van der Waals surface area contributed by atoms with Gasteiger partial charge in [-0.05, 0) is 20.8 Å². The van der Waals surface area contributed by atoms with Gasteiger partial charge in [0.1, 0.15) is 0 Å². The summed E-state index contributed by atoms with van der Waals surface area (Å²) in [6.45, 7) is 10.5. The second kappa shape index (κ2) is 6.08. The summed E-state index contributed by atoms with van der Waals surface area (Å²) < 4.78 is 0. The van der Waals surface area contributed by atoms with Crippen molar-refractivity contribution in [3.63, 3.8) is 0 Å². The van der Waals surface area contributed by atoms with E-state index in [-0.39, 0.29) is 17.5 Å². The molecule has 4 N–H and O–H groups in total. The van der Waals surface area contributed by atoms with Crippen LogP contribution < -0.4 is 16.4 Å². The number of amides is 1. The summed E-state index contributed by atoms with van der Waals surface area (Å²) >= 11 is 0. The van der Waals surface area contributed by atoms with Gasteiger partial charge in [0.2, 0.25) is 5.91 Å². The van der Waals surface area contributed by atoms with E-state index in [2.05, 4.69) is 10.6 Å². The summed E-state index contributed by atoms with van der Waals surface area (Å²) in [5.41, 5.74) is 5.42. The Balaban J connectivity index is 4.02. The highest BCUT2D eigenvalue weighted by Crippen LogP contribution is 2.01. The minimum Gasteiger partial charge on any atom is -0.351 e. The second-order valence-electron chi connectivity index (χ2n) is 5.26.